The Morgan fingerprint density at radius 1 is 1.22 bits per heavy atom. The number of aliphatic imine (C=N–C) groups is 1. The molecule has 0 spiro atoms. The first-order valence-corrected chi connectivity index (χ1v) is 6.74. The molecule has 1 nitrogen and oxygen atoms in total. The third-order valence-electron chi connectivity index (χ3n) is 3.56. The molecular weight excluding hydrogens is 218 g/mol. The minimum atomic E-state index is 0.152. The van der Waals surface area contributed by atoms with Crippen LogP contribution in [0.15, 0.2) is 46.6 Å². The average molecular weight is 243 g/mol. The summed E-state index contributed by atoms with van der Waals surface area (Å²) in [5, 5.41) is 0. The van der Waals surface area contributed by atoms with Gasteiger partial charge in [0.15, 0.2) is 0 Å². The van der Waals surface area contributed by atoms with Gasteiger partial charge in [-0.2, -0.15) is 0 Å². The Kier molecular flexibility index (Phi) is 5.33. The van der Waals surface area contributed by atoms with Gasteiger partial charge in [0.2, 0.25) is 0 Å². The van der Waals surface area contributed by atoms with Crippen LogP contribution in [0.25, 0.3) is 0 Å². The van der Waals surface area contributed by atoms with Crippen LogP contribution in [0.3, 0.4) is 0 Å². The highest BCUT2D eigenvalue weighted by molar-refractivity contribution is 5.55. The first-order valence-electron chi connectivity index (χ1n) is 6.74. The zero-order valence-corrected chi connectivity index (χ0v) is 12.3. The molecule has 0 saturated heterocycles. The minimum Gasteiger partial charge on any atom is -0.266 e. The average Bonchev–Trinajstić information content (AvgIpc) is 2.36. The van der Waals surface area contributed by atoms with Gasteiger partial charge >= 0.3 is 0 Å². The Balaban J connectivity index is 2.98. The number of benzene rings is 1. The van der Waals surface area contributed by atoms with Gasteiger partial charge in [0.1, 0.15) is 0 Å². The molecule has 0 fully saturated rings. The van der Waals surface area contributed by atoms with E-state index in [1.54, 1.807) is 0 Å². The maximum absolute atomic E-state index is 4.51. The topological polar surface area (TPSA) is 12.4 Å². The van der Waals surface area contributed by atoms with Gasteiger partial charge in [-0.1, -0.05) is 51.1 Å². The van der Waals surface area contributed by atoms with E-state index < -0.39 is 0 Å². The summed E-state index contributed by atoms with van der Waals surface area (Å²) in [5.41, 5.74) is 4.15. The van der Waals surface area contributed by atoms with E-state index >= 15 is 0 Å². The molecule has 0 amide bonds. The van der Waals surface area contributed by atoms with Crippen molar-refractivity contribution >= 4 is 6.21 Å². The lowest BCUT2D eigenvalue weighted by molar-refractivity contribution is 0.437. The maximum Gasteiger partial charge on any atom is 0.0391 e. The van der Waals surface area contributed by atoms with Crippen molar-refractivity contribution < 1.29 is 0 Å². The maximum atomic E-state index is 4.51. The van der Waals surface area contributed by atoms with Gasteiger partial charge in [0, 0.05) is 11.9 Å². The quantitative estimate of drug-likeness (QED) is 0.643. The highest BCUT2D eigenvalue weighted by atomic mass is 14.7. The van der Waals surface area contributed by atoms with E-state index in [1.807, 2.05) is 13.1 Å². The van der Waals surface area contributed by atoms with Crippen LogP contribution in [0.2, 0.25) is 0 Å². The van der Waals surface area contributed by atoms with E-state index in [0.717, 1.165) is 12.8 Å². The van der Waals surface area contributed by atoms with Crippen molar-refractivity contribution in [2.45, 2.75) is 47.5 Å². The van der Waals surface area contributed by atoms with Crippen molar-refractivity contribution in [3.8, 4) is 0 Å². The number of rotatable bonds is 5. The van der Waals surface area contributed by atoms with Crippen molar-refractivity contribution in [1.29, 1.82) is 0 Å². The predicted molar refractivity (Wildman–Crippen MR) is 81.1 cm³/mol. The Morgan fingerprint density at radius 2 is 1.83 bits per heavy atom. The smallest absolute Gasteiger partial charge is 0.0391 e. The summed E-state index contributed by atoms with van der Waals surface area (Å²) in [7, 11) is 0. The summed E-state index contributed by atoms with van der Waals surface area (Å²) in [6.45, 7) is 11.0. The number of hydrogen-bond donors (Lipinski definition) is 0. The van der Waals surface area contributed by atoms with E-state index in [-0.39, 0.29) is 5.41 Å². The second kappa shape index (κ2) is 6.53. The Labute approximate surface area is 112 Å². The molecule has 98 valence electrons. The fourth-order valence-electron chi connectivity index (χ4n) is 2.24. The fraction of sp³-hybridized carbons (Fsp3) is 0.471. The molecule has 1 aromatic rings. The van der Waals surface area contributed by atoms with Crippen LogP contribution < -0.4 is 0 Å². The van der Waals surface area contributed by atoms with Crippen molar-refractivity contribution in [3.05, 3.63) is 47.2 Å². The third-order valence-corrected chi connectivity index (χ3v) is 3.56. The zero-order valence-electron chi connectivity index (χ0n) is 12.3. The summed E-state index contributed by atoms with van der Waals surface area (Å²) in [4.78, 5) is 4.51. The normalized spacial score (nSPS) is 13.8. The molecule has 1 rings (SSSR count). The van der Waals surface area contributed by atoms with Crippen LogP contribution in [0.4, 0.5) is 0 Å². The molecule has 0 aliphatic rings. The van der Waals surface area contributed by atoms with Crippen LogP contribution >= 0.6 is 0 Å². The lowest BCUT2D eigenvalue weighted by atomic mass is 9.78. The first-order chi connectivity index (χ1) is 8.51. The van der Waals surface area contributed by atoms with Crippen molar-refractivity contribution in [1.82, 2.24) is 0 Å². The van der Waals surface area contributed by atoms with Crippen molar-refractivity contribution in [2.24, 2.45) is 10.4 Å². The molecule has 0 bridgehead atoms. The second-order valence-corrected chi connectivity index (χ2v) is 5.36. The molecule has 18 heavy (non-hydrogen) atoms. The molecule has 0 aromatic heterocycles. The predicted octanol–water partition coefficient (Wildman–Crippen LogP) is 5.03. The lowest BCUT2D eigenvalue weighted by Crippen LogP contribution is -2.18. The van der Waals surface area contributed by atoms with Gasteiger partial charge in [-0.3, -0.25) is 4.99 Å². The van der Waals surface area contributed by atoms with E-state index in [2.05, 4.69) is 63.0 Å². The van der Waals surface area contributed by atoms with Gasteiger partial charge in [0.25, 0.3) is 0 Å². The molecule has 0 N–H and O–H groups in total. The van der Waals surface area contributed by atoms with Crippen LogP contribution in [0.1, 0.15) is 46.6 Å². The first kappa shape index (κ1) is 14.7. The summed E-state index contributed by atoms with van der Waals surface area (Å²) < 4.78 is 0. The SMILES string of the molecule is CC=N/C(CC)=C(\C)C(C)(C)Cc1ccccc1. The molecule has 0 heterocycles. The van der Waals surface area contributed by atoms with Crippen LogP contribution in [-0.2, 0) is 6.42 Å². The molecule has 0 saturated carbocycles. The number of allylic oxidation sites excluding steroid dienone is 2. The molecule has 0 aliphatic heterocycles. The number of hydrogen-bond acceptors (Lipinski definition) is 1. The second-order valence-electron chi connectivity index (χ2n) is 5.36. The standard InChI is InChI=1S/C17H25N/c1-6-16(18-7-2)14(3)17(4,5)13-15-11-9-8-10-12-15/h7-12H,6,13H2,1-5H3/b16-14+,18-7?. The zero-order chi connectivity index (χ0) is 13.6. The minimum absolute atomic E-state index is 0.152. The molecule has 1 aromatic carbocycles. The summed E-state index contributed by atoms with van der Waals surface area (Å²) >= 11 is 0. The highest BCUT2D eigenvalue weighted by Crippen LogP contribution is 2.33. The molecule has 1 heteroatoms. The summed E-state index contributed by atoms with van der Waals surface area (Å²) in [5.74, 6) is 0. The van der Waals surface area contributed by atoms with Crippen molar-refractivity contribution in [3.63, 3.8) is 0 Å². The van der Waals surface area contributed by atoms with Crippen LogP contribution in [-0.4, -0.2) is 6.21 Å². The summed E-state index contributed by atoms with van der Waals surface area (Å²) in [6.07, 6.45) is 3.94. The number of nitrogens with zero attached hydrogens (tertiary/aromatic N) is 1. The third kappa shape index (κ3) is 3.83. The van der Waals surface area contributed by atoms with E-state index in [0.29, 0.717) is 0 Å². The Hall–Kier alpha value is -1.37. The van der Waals surface area contributed by atoms with Crippen LogP contribution in [0, 0.1) is 5.41 Å². The Bertz CT molecular complexity index is 424. The molecular formula is C17H25N. The van der Waals surface area contributed by atoms with Crippen LogP contribution in [0.5, 0.6) is 0 Å². The van der Waals surface area contributed by atoms with Gasteiger partial charge in [-0.25, -0.2) is 0 Å². The Morgan fingerprint density at radius 3 is 2.33 bits per heavy atom. The fourth-order valence-corrected chi connectivity index (χ4v) is 2.24. The van der Waals surface area contributed by atoms with Gasteiger partial charge < -0.3 is 0 Å². The van der Waals surface area contributed by atoms with Gasteiger partial charge in [0.05, 0.1) is 0 Å². The molecule has 0 radical (unpaired) electrons. The van der Waals surface area contributed by atoms with E-state index in [4.69, 9.17) is 0 Å². The van der Waals surface area contributed by atoms with E-state index in [9.17, 15) is 0 Å². The summed E-state index contributed by atoms with van der Waals surface area (Å²) in [6, 6.07) is 10.7. The van der Waals surface area contributed by atoms with E-state index in [1.165, 1.54) is 16.8 Å². The molecule has 0 unspecified atom stereocenters. The molecule has 0 aliphatic carbocycles. The molecule has 0 atom stereocenters. The van der Waals surface area contributed by atoms with Crippen molar-refractivity contribution in [2.75, 3.05) is 0 Å². The monoisotopic (exact) mass is 243 g/mol. The van der Waals surface area contributed by atoms with Gasteiger partial charge in [-0.05, 0) is 43.2 Å². The largest absolute Gasteiger partial charge is 0.266 e. The van der Waals surface area contributed by atoms with Gasteiger partial charge in [-0.15, -0.1) is 0 Å². The highest BCUT2D eigenvalue weighted by Gasteiger charge is 2.22. The lowest BCUT2D eigenvalue weighted by Gasteiger charge is -2.27.